The number of benzene rings is 9. The molecule has 3 heteroatoms. The summed E-state index contributed by atoms with van der Waals surface area (Å²) in [5.74, 6) is 1.89. The average molecular weight is 776 g/mol. The number of fused-ring (bicyclic) bond motifs is 12. The number of hydrogen-bond donors (Lipinski definition) is 0. The summed E-state index contributed by atoms with van der Waals surface area (Å²) in [6, 6.07) is 80.6. The zero-order valence-corrected chi connectivity index (χ0v) is 33.2. The van der Waals surface area contributed by atoms with Crippen LogP contribution < -0.4 is 0 Å². The van der Waals surface area contributed by atoms with Crippen LogP contribution >= 0.6 is 0 Å². The summed E-state index contributed by atoms with van der Waals surface area (Å²) in [5, 5.41) is 0. The molecule has 1 spiro atoms. The van der Waals surface area contributed by atoms with Gasteiger partial charge in [-0.1, -0.05) is 212 Å². The minimum atomic E-state index is -0.607. The van der Waals surface area contributed by atoms with Gasteiger partial charge in [-0.25, -0.2) is 15.0 Å². The van der Waals surface area contributed by atoms with E-state index in [1.54, 1.807) is 0 Å². The molecule has 0 saturated carbocycles. The Balaban J connectivity index is 1.10. The highest BCUT2D eigenvalue weighted by Gasteiger charge is 2.49. The molecule has 0 bridgehead atoms. The van der Waals surface area contributed by atoms with Crippen LogP contribution in [0, 0.1) is 0 Å². The molecule has 2 aliphatic carbocycles. The zero-order valence-electron chi connectivity index (χ0n) is 33.2. The molecular formula is C58H37N3. The lowest BCUT2D eigenvalue weighted by atomic mass is 9.66. The molecule has 0 radical (unpaired) electrons. The topological polar surface area (TPSA) is 38.7 Å². The molecule has 3 nitrogen and oxygen atoms in total. The largest absolute Gasteiger partial charge is 0.208 e. The van der Waals surface area contributed by atoms with Crippen molar-refractivity contribution in [2.45, 2.75) is 5.41 Å². The van der Waals surface area contributed by atoms with Gasteiger partial charge in [-0.15, -0.1) is 0 Å². The molecule has 9 aromatic carbocycles. The minimum Gasteiger partial charge on any atom is -0.208 e. The summed E-state index contributed by atoms with van der Waals surface area (Å²) in [5.41, 5.74) is 19.2. The average Bonchev–Trinajstić information content (AvgIpc) is 3.58. The van der Waals surface area contributed by atoms with Gasteiger partial charge in [-0.3, -0.25) is 0 Å². The highest BCUT2D eigenvalue weighted by Crippen LogP contribution is 2.61. The van der Waals surface area contributed by atoms with Gasteiger partial charge in [0.05, 0.1) is 5.41 Å². The van der Waals surface area contributed by atoms with Gasteiger partial charge in [0.25, 0.3) is 0 Å². The maximum atomic E-state index is 5.32. The molecule has 0 saturated heterocycles. The Hall–Kier alpha value is -8.01. The summed E-state index contributed by atoms with van der Waals surface area (Å²) >= 11 is 0. The van der Waals surface area contributed by atoms with Gasteiger partial charge in [-0.05, 0) is 90.0 Å². The second-order valence-corrected chi connectivity index (χ2v) is 15.9. The first-order valence-corrected chi connectivity index (χ1v) is 20.9. The van der Waals surface area contributed by atoms with Crippen molar-refractivity contribution in [1.29, 1.82) is 0 Å². The first-order chi connectivity index (χ1) is 30.2. The molecule has 0 fully saturated rings. The molecule has 284 valence electrons. The third-order valence-electron chi connectivity index (χ3n) is 12.6. The Morgan fingerprint density at radius 2 is 0.557 bits per heavy atom. The van der Waals surface area contributed by atoms with Crippen LogP contribution in [0.2, 0.25) is 0 Å². The Labute approximate surface area is 355 Å². The molecule has 1 aromatic heterocycles. The standard InChI is InChI=1S/C58H37N3/c1-3-16-38(17-4-1)40-30-32-41(33-31-40)55-59-56(43-21-15-20-42(36-43)39-18-5-2-6-19-39)61-57(60-55)44-34-35-50-49-26-11-14-29-53(49)58(54(50)37-44)51-27-12-9-24-47(51)45-22-7-8-23-46(45)48-25-10-13-28-52(48)58/h1-37H. The van der Waals surface area contributed by atoms with E-state index >= 15 is 0 Å². The van der Waals surface area contributed by atoms with E-state index in [0.29, 0.717) is 17.5 Å². The molecule has 12 rings (SSSR count). The van der Waals surface area contributed by atoms with Crippen LogP contribution in [0.1, 0.15) is 22.3 Å². The van der Waals surface area contributed by atoms with E-state index in [4.69, 9.17) is 15.0 Å². The summed E-state index contributed by atoms with van der Waals surface area (Å²) < 4.78 is 0. The Morgan fingerprint density at radius 1 is 0.213 bits per heavy atom. The lowest BCUT2D eigenvalue weighted by Crippen LogP contribution is -2.29. The quantitative estimate of drug-likeness (QED) is 0.175. The third kappa shape index (κ3) is 5.55. The van der Waals surface area contributed by atoms with Crippen molar-refractivity contribution in [3.05, 3.63) is 247 Å². The second kappa shape index (κ2) is 14.1. The van der Waals surface area contributed by atoms with Crippen LogP contribution in [0.4, 0.5) is 0 Å². The van der Waals surface area contributed by atoms with Crippen molar-refractivity contribution in [3.63, 3.8) is 0 Å². The first kappa shape index (κ1) is 35.0. The molecule has 0 N–H and O–H groups in total. The molecule has 2 aliphatic rings. The molecular weight excluding hydrogens is 739 g/mol. The lowest BCUT2D eigenvalue weighted by Gasteiger charge is -2.35. The normalized spacial score (nSPS) is 12.7. The fourth-order valence-corrected chi connectivity index (χ4v) is 9.86. The maximum absolute atomic E-state index is 5.32. The van der Waals surface area contributed by atoms with E-state index < -0.39 is 5.41 Å². The molecule has 61 heavy (non-hydrogen) atoms. The minimum absolute atomic E-state index is 0.607. The maximum Gasteiger partial charge on any atom is 0.164 e. The number of aromatic nitrogens is 3. The van der Waals surface area contributed by atoms with Gasteiger partial charge in [0.15, 0.2) is 17.5 Å². The molecule has 1 heterocycles. The molecule has 0 aliphatic heterocycles. The summed E-state index contributed by atoms with van der Waals surface area (Å²) in [4.78, 5) is 15.8. The Morgan fingerprint density at radius 3 is 1.11 bits per heavy atom. The monoisotopic (exact) mass is 775 g/mol. The zero-order chi connectivity index (χ0) is 40.3. The fraction of sp³-hybridized carbons (Fsp3) is 0.0172. The Bertz CT molecular complexity index is 3230. The van der Waals surface area contributed by atoms with Crippen molar-refractivity contribution >= 4 is 0 Å². The smallest absolute Gasteiger partial charge is 0.164 e. The van der Waals surface area contributed by atoms with Gasteiger partial charge in [0.2, 0.25) is 0 Å². The van der Waals surface area contributed by atoms with E-state index in [9.17, 15) is 0 Å². The second-order valence-electron chi connectivity index (χ2n) is 15.9. The lowest BCUT2D eigenvalue weighted by molar-refractivity contribution is 0.775. The van der Waals surface area contributed by atoms with Gasteiger partial charge in [-0.2, -0.15) is 0 Å². The molecule has 0 unspecified atom stereocenters. The van der Waals surface area contributed by atoms with E-state index in [1.807, 2.05) is 12.1 Å². The molecule has 0 amide bonds. The van der Waals surface area contributed by atoms with E-state index in [-0.39, 0.29) is 0 Å². The van der Waals surface area contributed by atoms with Gasteiger partial charge in [0, 0.05) is 16.7 Å². The van der Waals surface area contributed by atoms with E-state index in [0.717, 1.165) is 33.4 Å². The van der Waals surface area contributed by atoms with Crippen LogP contribution in [-0.4, -0.2) is 15.0 Å². The molecule has 0 atom stereocenters. The van der Waals surface area contributed by atoms with Crippen LogP contribution in [0.5, 0.6) is 0 Å². The number of rotatable bonds is 5. The summed E-state index contributed by atoms with van der Waals surface area (Å²) in [6.45, 7) is 0. The predicted octanol–water partition coefficient (Wildman–Crippen LogP) is 14.2. The van der Waals surface area contributed by atoms with Crippen LogP contribution in [0.15, 0.2) is 224 Å². The third-order valence-corrected chi connectivity index (χ3v) is 12.6. The van der Waals surface area contributed by atoms with Gasteiger partial charge < -0.3 is 0 Å². The van der Waals surface area contributed by atoms with E-state index in [1.165, 1.54) is 61.2 Å². The van der Waals surface area contributed by atoms with Crippen molar-refractivity contribution in [2.24, 2.45) is 0 Å². The SMILES string of the molecule is c1ccc(-c2ccc(-c3nc(-c4cccc(-c5ccccc5)c4)nc(-c4ccc5c(c4)C4(c6ccccc6-c6ccccc6-c6ccccc64)c4ccccc4-5)n3)cc2)cc1. The first-order valence-electron chi connectivity index (χ1n) is 20.9. The summed E-state index contributed by atoms with van der Waals surface area (Å²) in [7, 11) is 0. The number of hydrogen-bond acceptors (Lipinski definition) is 3. The van der Waals surface area contributed by atoms with Crippen LogP contribution in [-0.2, 0) is 5.41 Å². The van der Waals surface area contributed by atoms with Crippen LogP contribution in [0.25, 0.3) is 89.8 Å². The van der Waals surface area contributed by atoms with Gasteiger partial charge >= 0.3 is 0 Å². The molecule has 10 aromatic rings. The highest BCUT2D eigenvalue weighted by molar-refractivity contribution is 5.97. The fourth-order valence-electron chi connectivity index (χ4n) is 9.86. The number of nitrogens with zero attached hydrogens (tertiary/aromatic N) is 3. The highest BCUT2D eigenvalue weighted by atomic mass is 15.0. The van der Waals surface area contributed by atoms with E-state index in [2.05, 4.69) is 212 Å². The Kier molecular flexibility index (Phi) is 8.07. The summed E-state index contributed by atoms with van der Waals surface area (Å²) in [6.07, 6.45) is 0. The van der Waals surface area contributed by atoms with Crippen molar-refractivity contribution < 1.29 is 0 Å². The predicted molar refractivity (Wildman–Crippen MR) is 249 cm³/mol. The van der Waals surface area contributed by atoms with Crippen molar-refractivity contribution in [2.75, 3.05) is 0 Å². The van der Waals surface area contributed by atoms with Crippen molar-refractivity contribution in [1.82, 2.24) is 15.0 Å². The van der Waals surface area contributed by atoms with Crippen molar-refractivity contribution in [3.8, 4) is 89.8 Å². The van der Waals surface area contributed by atoms with Gasteiger partial charge in [0.1, 0.15) is 0 Å². The van der Waals surface area contributed by atoms with Crippen LogP contribution in [0.3, 0.4) is 0 Å².